The minimum atomic E-state index is -1.03. The zero-order valence-electron chi connectivity index (χ0n) is 10.2. The van der Waals surface area contributed by atoms with Crippen LogP contribution in [0.4, 0.5) is 0 Å². The van der Waals surface area contributed by atoms with E-state index in [1.165, 1.54) is 0 Å². The predicted molar refractivity (Wildman–Crippen MR) is 64.7 cm³/mol. The Hall–Kier alpha value is -1.84. The first-order chi connectivity index (χ1) is 8.66. The highest BCUT2D eigenvalue weighted by Gasteiger charge is 2.24. The van der Waals surface area contributed by atoms with Crippen molar-refractivity contribution in [2.75, 3.05) is 13.1 Å². The number of aliphatic carboxylic acids is 1. The lowest BCUT2D eigenvalue weighted by molar-refractivity contribution is -0.307. The number of benzene rings is 1. The molecule has 18 heavy (non-hydrogen) atoms. The molecule has 96 valence electrons. The molecule has 0 unspecified atom stereocenters. The Labute approximate surface area is 106 Å². The van der Waals surface area contributed by atoms with E-state index in [9.17, 15) is 14.7 Å². The van der Waals surface area contributed by atoms with Gasteiger partial charge in [0.15, 0.2) is 0 Å². The molecule has 1 aromatic rings. The Morgan fingerprint density at radius 1 is 1.28 bits per heavy atom. The molecule has 0 spiro atoms. The van der Waals surface area contributed by atoms with Crippen molar-refractivity contribution < 1.29 is 14.7 Å². The minimum absolute atomic E-state index is 0.0151. The summed E-state index contributed by atoms with van der Waals surface area (Å²) >= 11 is 0. The molecule has 0 aliphatic carbocycles. The van der Waals surface area contributed by atoms with E-state index < -0.39 is 5.97 Å². The molecular formula is C14H16NO3-. The topological polar surface area (TPSA) is 60.4 Å². The lowest BCUT2D eigenvalue weighted by Gasteiger charge is -2.33. The van der Waals surface area contributed by atoms with E-state index in [1.807, 2.05) is 18.2 Å². The van der Waals surface area contributed by atoms with E-state index >= 15 is 0 Å². The predicted octanol–water partition coefficient (Wildman–Crippen LogP) is 0.679. The largest absolute Gasteiger partial charge is 0.550 e. The van der Waals surface area contributed by atoms with Crippen LogP contribution in [0.1, 0.15) is 29.6 Å². The fraction of sp³-hybridized carbons (Fsp3) is 0.429. The molecule has 1 amide bonds. The second-order valence-corrected chi connectivity index (χ2v) is 4.70. The van der Waals surface area contributed by atoms with Gasteiger partial charge in [0, 0.05) is 24.6 Å². The number of piperidine rings is 1. The Balaban J connectivity index is 2.00. The van der Waals surface area contributed by atoms with Gasteiger partial charge in [-0.05, 0) is 37.3 Å². The van der Waals surface area contributed by atoms with Gasteiger partial charge in [-0.25, -0.2) is 0 Å². The van der Waals surface area contributed by atoms with Gasteiger partial charge in [0.2, 0.25) is 0 Å². The van der Waals surface area contributed by atoms with Crippen molar-refractivity contribution in [3.63, 3.8) is 0 Å². The maximum atomic E-state index is 12.2. The molecule has 2 rings (SSSR count). The summed E-state index contributed by atoms with van der Waals surface area (Å²) < 4.78 is 0. The molecule has 1 atom stereocenters. The highest BCUT2D eigenvalue weighted by atomic mass is 16.4. The van der Waals surface area contributed by atoms with Gasteiger partial charge in [-0.2, -0.15) is 0 Å². The molecule has 1 fully saturated rings. The maximum Gasteiger partial charge on any atom is 0.253 e. The average Bonchev–Trinajstić information content (AvgIpc) is 2.38. The molecule has 1 aliphatic rings. The van der Waals surface area contributed by atoms with Gasteiger partial charge in [0.05, 0.1) is 0 Å². The van der Waals surface area contributed by atoms with Gasteiger partial charge >= 0.3 is 0 Å². The fourth-order valence-corrected chi connectivity index (χ4v) is 2.42. The number of carboxylic acids is 1. The maximum absolute atomic E-state index is 12.2. The van der Waals surface area contributed by atoms with Crippen molar-refractivity contribution in [2.45, 2.75) is 19.3 Å². The van der Waals surface area contributed by atoms with E-state index in [-0.39, 0.29) is 18.2 Å². The molecule has 1 aromatic carbocycles. The van der Waals surface area contributed by atoms with Gasteiger partial charge in [-0.1, -0.05) is 18.2 Å². The number of amides is 1. The van der Waals surface area contributed by atoms with Crippen molar-refractivity contribution in [2.24, 2.45) is 5.92 Å². The molecule has 4 heteroatoms. The third kappa shape index (κ3) is 3.09. The van der Waals surface area contributed by atoms with Crippen molar-refractivity contribution in [1.29, 1.82) is 0 Å². The first-order valence-corrected chi connectivity index (χ1v) is 6.21. The number of carboxylic acid groups (broad SMARTS) is 1. The molecule has 1 heterocycles. The van der Waals surface area contributed by atoms with Crippen LogP contribution >= 0.6 is 0 Å². The lowest BCUT2D eigenvalue weighted by atomic mass is 9.94. The zero-order chi connectivity index (χ0) is 13.0. The first-order valence-electron chi connectivity index (χ1n) is 6.21. The van der Waals surface area contributed by atoms with E-state index in [0.717, 1.165) is 12.8 Å². The number of nitrogens with zero attached hydrogens (tertiary/aromatic N) is 1. The quantitative estimate of drug-likeness (QED) is 0.788. The molecular weight excluding hydrogens is 230 g/mol. The molecule has 0 N–H and O–H groups in total. The Kier molecular flexibility index (Phi) is 3.97. The summed E-state index contributed by atoms with van der Waals surface area (Å²) in [5, 5.41) is 10.6. The summed E-state index contributed by atoms with van der Waals surface area (Å²) in [5.41, 5.74) is 0.659. The normalized spacial score (nSPS) is 19.6. The Morgan fingerprint density at radius 2 is 2.00 bits per heavy atom. The van der Waals surface area contributed by atoms with Gasteiger partial charge in [0.25, 0.3) is 5.91 Å². The minimum Gasteiger partial charge on any atom is -0.550 e. The number of carbonyl (C=O) groups is 2. The highest BCUT2D eigenvalue weighted by molar-refractivity contribution is 5.94. The SMILES string of the molecule is O=C([O-])C[C@@H]1CCCN(C(=O)c2ccccc2)C1. The highest BCUT2D eigenvalue weighted by Crippen LogP contribution is 2.20. The summed E-state index contributed by atoms with van der Waals surface area (Å²) in [7, 11) is 0. The summed E-state index contributed by atoms with van der Waals surface area (Å²) in [5.74, 6) is -1.02. The van der Waals surface area contributed by atoms with Crippen LogP contribution in [-0.4, -0.2) is 29.9 Å². The van der Waals surface area contributed by atoms with Crippen LogP contribution in [0.2, 0.25) is 0 Å². The molecule has 1 saturated heterocycles. The summed E-state index contributed by atoms with van der Waals surface area (Å²) in [4.78, 5) is 24.5. The molecule has 0 saturated carbocycles. The van der Waals surface area contributed by atoms with Crippen molar-refractivity contribution in [3.8, 4) is 0 Å². The number of hydrogen-bond acceptors (Lipinski definition) is 3. The number of hydrogen-bond donors (Lipinski definition) is 0. The number of rotatable bonds is 3. The zero-order valence-corrected chi connectivity index (χ0v) is 10.2. The van der Waals surface area contributed by atoms with Crippen LogP contribution in [-0.2, 0) is 4.79 Å². The molecule has 4 nitrogen and oxygen atoms in total. The second-order valence-electron chi connectivity index (χ2n) is 4.70. The van der Waals surface area contributed by atoms with Crippen molar-refractivity contribution in [3.05, 3.63) is 35.9 Å². The summed E-state index contributed by atoms with van der Waals surface area (Å²) in [6.45, 7) is 1.22. The van der Waals surface area contributed by atoms with E-state index in [4.69, 9.17) is 0 Å². The van der Waals surface area contributed by atoms with Gasteiger partial charge in [-0.3, -0.25) is 4.79 Å². The van der Waals surface area contributed by atoms with Crippen LogP contribution in [0, 0.1) is 5.92 Å². The fourth-order valence-electron chi connectivity index (χ4n) is 2.42. The Bertz CT molecular complexity index is 430. The van der Waals surface area contributed by atoms with Crippen LogP contribution < -0.4 is 5.11 Å². The van der Waals surface area contributed by atoms with E-state index in [0.29, 0.717) is 18.7 Å². The standard InChI is InChI=1S/C14H17NO3/c16-13(17)9-11-5-4-8-15(10-11)14(18)12-6-2-1-3-7-12/h1-3,6-7,11H,4-5,8-10H2,(H,16,17)/p-1/t11-/m0/s1. The van der Waals surface area contributed by atoms with E-state index in [2.05, 4.69) is 0 Å². The molecule has 0 aromatic heterocycles. The van der Waals surface area contributed by atoms with Crippen LogP contribution in [0.15, 0.2) is 30.3 Å². The summed E-state index contributed by atoms with van der Waals surface area (Å²) in [6, 6.07) is 9.09. The van der Waals surface area contributed by atoms with Gasteiger partial charge in [-0.15, -0.1) is 0 Å². The monoisotopic (exact) mass is 246 g/mol. The third-order valence-corrected chi connectivity index (χ3v) is 3.28. The van der Waals surface area contributed by atoms with Crippen LogP contribution in [0.5, 0.6) is 0 Å². The van der Waals surface area contributed by atoms with Crippen LogP contribution in [0.25, 0.3) is 0 Å². The number of likely N-dealkylation sites (tertiary alicyclic amines) is 1. The number of carbonyl (C=O) groups excluding carboxylic acids is 2. The van der Waals surface area contributed by atoms with Crippen LogP contribution in [0.3, 0.4) is 0 Å². The molecule has 0 radical (unpaired) electrons. The molecule has 1 aliphatic heterocycles. The van der Waals surface area contributed by atoms with Gasteiger partial charge < -0.3 is 14.8 Å². The lowest BCUT2D eigenvalue weighted by Crippen LogP contribution is -2.41. The average molecular weight is 246 g/mol. The smallest absolute Gasteiger partial charge is 0.253 e. The van der Waals surface area contributed by atoms with E-state index in [1.54, 1.807) is 17.0 Å². The van der Waals surface area contributed by atoms with Crippen molar-refractivity contribution >= 4 is 11.9 Å². The second kappa shape index (κ2) is 5.67. The Morgan fingerprint density at radius 3 is 2.67 bits per heavy atom. The third-order valence-electron chi connectivity index (χ3n) is 3.28. The molecule has 0 bridgehead atoms. The van der Waals surface area contributed by atoms with Gasteiger partial charge in [0.1, 0.15) is 0 Å². The van der Waals surface area contributed by atoms with Crippen molar-refractivity contribution in [1.82, 2.24) is 4.90 Å². The summed E-state index contributed by atoms with van der Waals surface area (Å²) in [6.07, 6.45) is 1.75. The first kappa shape index (κ1) is 12.6.